The predicted octanol–water partition coefficient (Wildman–Crippen LogP) is 5.10. The number of hydrogen-bond acceptors (Lipinski definition) is 4. The maximum atomic E-state index is 12.9. The summed E-state index contributed by atoms with van der Waals surface area (Å²) in [6.45, 7) is 3.98. The molecule has 0 amide bonds. The van der Waals surface area contributed by atoms with E-state index in [1.165, 1.54) is 0 Å². The molecule has 0 heterocycles. The van der Waals surface area contributed by atoms with Gasteiger partial charge in [-0.3, -0.25) is 0 Å². The summed E-state index contributed by atoms with van der Waals surface area (Å²) in [6, 6.07) is 23.4. The fourth-order valence-electron chi connectivity index (χ4n) is 6.12. The third kappa shape index (κ3) is 2.92. The van der Waals surface area contributed by atoms with Gasteiger partial charge in [-0.25, -0.2) is 0 Å². The molecule has 34 heavy (non-hydrogen) atoms. The van der Waals surface area contributed by atoms with Crippen molar-refractivity contribution < 1.29 is 19.7 Å². The van der Waals surface area contributed by atoms with Gasteiger partial charge in [0, 0.05) is 0 Å². The average Bonchev–Trinajstić information content (AvgIpc) is 2.88. The first-order valence-corrected chi connectivity index (χ1v) is 11.6. The third-order valence-corrected chi connectivity index (χ3v) is 7.54. The van der Waals surface area contributed by atoms with Crippen LogP contribution >= 0.6 is 0 Å². The first-order chi connectivity index (χ1) is 16.4. The monoisotopic (exact) mass is 454 g/mol. The van der Waals surface area contributed by atoms with E-state index >= 15 is 0 Å². The van der Waals surface area contributed by atoms with Crippen molar-refractivity contribution in [2.45, 2.75) is 25.0 Å². The van der Waals surface area contributed by atoms with Gasteiger partial charge in [-0.1, -0.05) is 72.8 Å². The zero-order valence-electron chi connectivity index (χ0n) is 19.9. The molecule has 2 N–H and O–H groups in total. The van der Waals surface area contributed by atoms with Crippen LogP contribution in [0.25, 0.3) is 0 Å². The van der Waals surface area contributed by atoms with Gasteiger partial charge in [0.15, 0.2) is 0 Å². The lowest BCUT2D eigenvalue weighted by Gasteiger charge is -2.55. The Bertz CT molecular complexity index is 1180. The molecule has 4 nitrogen and oxygen atoms in total. The summed E-state index contributed by atoms with van der Waals surface area (Å²) in [5.74, 6) is -0.0627. The van der Waals surface area contributed by atoms with E-state index in [1.54, 1.807) is 14.2 Å². The van der Waals surface area contributed by atoms with Gasteiger partial charge in [0.2, 0.25) is 0 Å². The van der Waals surface area contributed by atoms with Gasteiger partial charge in [0.25, 0.3) is 0 Å². The lowest BCUT2D eigenvalue weighted by atomic mass is 9.52. The number of rotatable bonds is 4. The van der Waals surface area contributed by atoms with Crippen LogP contribution in [0.1, 0.15) is 33.4 Å². The highest BCUT2D eigenvalue weighted by Gasteiger charge is 2.63. The molecule has 5 rings (SSSR count). The van der Waals surface area contributed by atoms with E-state index in [0.717, 1.165) is 22.3 Å². The molecule has 4 heteroatoms. The van der Waals surface area contributed by atoms with Crippen molar-refractivity contribution in [1.82, 2.24) is 0 Å². The zero-order chi connectivity index (χ0) is 24.1. The summed E-state index contributed by atoms with van der Waals surface area (Å²) >= 11 is 0. The molecule has 0 saturated carbocycles. The van der Waals surface area contributed by atoms with Crippen LogP contribution in [0.5, 0.6) is 0 Å². The Morgan fingerprint density at radius 2 is 0.941 bits per heavy atom. The first-order valence-electron chi connectivity index (χ1n) is 11.6. The van der Waals surface area contributed by atoms with Crippen LogP contribution in [0.15, 0.2) is 96.5 Å². The molecular formula is C30H30O4. The molecule has 0 bridgehead atoms. The predicted molar refractivity (Wildman–Crippen MR) is 132 cm³/mol. The molecule has 2 aliphatic rings. The maximum absolute atomic E-state index is 12.9. The second-order valence-electron chi connectivity index (χ2n) is 9.22. The maximum Gasteiger partial charge on any atom is 0.126 e. The van der Waals surface area contributed by atoms with Crippen molar-refractivity contribution in [2.24, 2.45) is 11.8 Å². The standard InChI is InChI=1S/C30H30O4/c1-19-15-16-20(2)26-25(19)29(31,21-11-7-5-8-12-21)27-23(33-3)17-18-24(34-4)28(27)30(26,32)22-13-9-6-10-14-22/h5-18,27-28,31-32H,1-4H3/t27?,28?,29-,30-/m0/s1. The Morgan fingerprint density at radius 1 is 0.588 bits per heavy atom. The van der Waals surface area contributed by atoms with Gasteiger partial charge in [-0.05, 0) is 59.4 Å². The largest absolute Gasteiger partial charge is 0.501 e. The summed E-state index contributed by atoms with van der Waals surface area (Å²) in [5.41, 5.74) is 1.81. The van der Waals surface area contributed by atoms with E-state index in [2.05, 4.69) is 0 Å². The van der Waals surface area contributed by atoms with E-state index in [4.69, 9.17) is 9.47 Å². The number of methoxy groups -OCH3 is 2. The van der Waals surface area contributed by atoms with Crippen molar-refractivity contribution in [3.8, 4) is 0 Å². The smallest absolute Gasteiger partial charge is 0.126 e. The summed E-state index contributed by atoms with van der Waals surface area (Å²) in [6.07, 6.45) is 3.69. The zero-order valence-corrected chi connectivity index (χ0v) is 19.9. The minimum Gasteiger partial charge on any atom is -0.501 e. The van der Waals surface area contributed by atoms with Crippen molar-refractivity contribution in [2.75, 3.05) is 14.2 Å². The molecule has 4 atom stereocenters. The summed E-state index contributed by atoms with van der Waals surface area (Å²) in [4.78, 5) is 0. The van der Waals surface area contributed by atoms with Gasteiger partial charge in [-0.2, -0.15) is 0 Å². The fourth-order valence-corrected chi connectivity index (χ4v) is 6.12. The van der Waals surface area contributed by atoms with Crippen LogP contribution < -0.4 is 0 Å². The Balaban J connectivity index is 1.98. The number of allylic oxidation sites excluding steroid dienone is 2. The van der Waals surface area contributed by atoms with E-state index in [9.17, 15) is 10.2 Å². The highest BCUT2D eigenvalue weighted by molar-refractivity contribution is 5.60. The molecule has 3 aromatic carbocycles. The fraction of sp³-hybridized carbons (Fsp3) is 0.267. The number of ether oxygens (including phenoxy) is 2. The SMILES string of the molecule is COC1=CC=C(OC)C2C1[C@](O)(c1ccccc1)c1c(C)ccc(C)c1[C@@]2(O)c1ccccc1. The first kappa shape index (κ1) is 22.5. The van der Waals surface area contributed by atoms with Crippen molar-refractivity contribution in [1.29, 1.82) is 0 Å². The second kappa shape index (κ2) is 8.15. The molecule has 0 spiro atoms. The summed E-state index contributed by atoms with van der Waals surface area (Å²) < 4.78 is 11.7. The molecule has 0 saturated heterocycles. The molecule has 0 radical (unpaired) electrons. The lowest BCUT2D eigenvalue weighted by Crippen LogP contribution is -2.57. The number of aliphatic hydroxyl groups is 2. The van der Waals surface area contributed by atoms with E-state index in [1.807, 2.05) is 98.8 Å². The van der Waals surface area contributed by atoms with Crippen LogP contribution in [-0.2, 0) is 20.7 Å². The van der Waals surface area contributed by atoms with E-state index < -0.39 is 23.0 Å². The molecular weight excluding hydrogens is 424 g/mol. The summed E-state index contributed by atoms with van der Waals surface area (Å²) in [5, 5.41) is 25.7. The van der Waals surface area contributed by atoms with Crippen molar-refractivity contribution in [3.63, 3.8) is 0 Å². The molecule has 3 aromatic rings. The average molecular weight is 455 g/mol. The minimum absolute atomic E-state index is 0.595. The molecule has 174 valence electrons. The van der Waals surface area contributed by atoms with Crippen LogP contribution in [0.2, 0.25) is 0 Å². The van der Waals surface area contributed by atoms with E-state index in [-0.39, 0.29) is 0 Å². The van der Waals surface area contributed by atoms with Crippen LogP contribution in [0, 0.1) is 25.7 Å². The highest BCUT2D eigenvalue weighted by atomic mass is 16.5. The summed E-state index contributed by atoms with van der Waals surface area (Å²) in [7, 11) is 3.22. The number of benzene rings is 3. The minimum atomic E-state index is -1.46. The number of hydrogen-bond donors (Lipinski definition) is 2. The van der Waals surface area contributed by atoms with Gasteiger partial charge >= 0.3 is 0 Å². The lowest BCUT2D eigenvalue weighted by molar-refractivity contribution is -0.107. The topological polar surface area (TPSA) is 58.9 Å². The van der Waals surface area contributed by atoms with Gasteiger partial charge in [-0.15, -0.1) is 0 Å². The molecule has 0 aliphatic heterocycles. The molecule has 0 fully saturated rings. The van der Waals surface area contributed by atoms with Crippen molar-refractivity contribution in [3.05, 3.63) is 130 Å². The van der Waals surface area contributed by atoms with Gasteiger partial charge in [0.1, 0.15) is 22.7 Å². The number of aryl methyl sites for hydroxylation is 2. The Hall–Kier alpha value is -3.34. The quantitative estimate of drug-likeness (QED) is 0.576. The molecule has 0 aromatic heterocycles. The Morgan fingerprint density at radius 3 is 1.26 bits per heavy atom. The van der Waals surface area contributed by atoms with Crippen LogP contribution in [-0.4, -0.2) is 24.4 Å². The van der Waals surface area contributed by atoms with Crippen LogP contribution in [0.3, 0.4) is 0 Å². The second-order valence-corrected chi connectivity index (χ2v) is 9.22. The van der Waals surface area contributed by atoms with Gasteiger partial charge in [0.05, 0.1) is 26.1 Å². The molecule has 2 unspecified atom stereocenters. The highest BCUT2D eigenvalue weighted by Crippen LogP contribution is 2.62. The third-order valence-electron chi connectivity index (χ3n) is 7.54. The van der Waals surface area contributed by atoms with Gasteiger partial charge < -0.3 is 19.7 Å². The van der Waals surface area contributed by atoms with Crippen molar-refractivity contribution >= 4 is 0 Å². The number of fused-ring (bicyclic) bond motifs is 2. The Kier molecular flexibility index (Phi) is 5.38. The van der Waals surface area contributed by atoms with Crippen LogP contribution in [0.4, 0.5) is 0 Å². The molecule has 2 aliphatic carbocycles. The Labute approximate surface area is 200 Å². The van der Waals surface area contributed by atoms with E-state index in [0.29, 0.717) is 22.6 Å². The normalized spacial score (nSPS) is 27.7.